The highest BCUT2D eigenvalue weighted by molar-refractivity contribution is 6.36. The van der Waals surface area contributed by atoms with Crippen molar-refractivity contribution in [2.24, 2.45) is 0 Å². The third-order valence-corrected chi connectivity index (χ3v) is 3.59. The average molecular weight is 314 g/mol. The van der Waals surface area contributed by atoms with Crippen LogP contribution < -0.4 is 0 Å². The zero-order chi connectivity index (χ0) is 13.8. The zero-order valence-electron chi connectivity index (χ0n) is 10.00. The van der Waals surface area contributed by atoms with Gasteiger partial charge in [0.05, 0.1) is 5.02 Å². The van der Waals surface area contributed by atoms with Crippen LogP contribution in [-0.4, -0.2) is 5.78 Å². The Morgan fingerprint density at radius 1 is 0.895 bits per heavy atom. The van der Waals surface area contributed by atoms with Crippen LogP contribution in [0.3, 0.4) is 0 Å². The molecule has 2 aromatic rings. The van der Waals surface area contributed by atoms with Crippen LogP contribution in [0.4, 0.5) is 0 Å². The van der Waals surface area contributed by atoms with Gasteiger partial charge >= 0.3 is 0 Å². The highest BCUT2D eigenvalue weighted by Gasteiger charge is 2.10. The van der Waals surface area contributed by atoms with E-state index in [0.29, 0.717) is 33.5 Å². The molecule has 0 bridgehead atoms. The minimum atomic E-state index is 0.0108. The third-order valence-electron chi connectivity index (χ3n) is 2.79. The molecular formula is C15H11Cl3O. The Morgan fingerprint density at radius 2 is 1.53 bits per heavy atom. The van der Waals surface area contributed by atoms with Crippen molar-refractivity contribution in [1.29, 1.82) is 0 Å². The average Bonchev–Trinajstić information content (AvgIpc) is 2.37. The fourth-order valence-electron chi connectivity index (χ4n) is 1.76. The Balaban J connectivity index is 2.03. The maximum Gasteiger partial charge on any atom is 0.164 e. The van der Waals surface area contributed by atoms with Gasteiger partial charge < -0.3 is 0 Å². The lowest BCUT2D eigenvalue weighted by molar-refractivity contribution is 0.0983. The number of benzene rings is 2. The monoisotopic (exact) mass is 312 g/mol. The van der Waals surface area contributed by atoms with Crippen molar-refractivity contribution in [2.45, 2.75) is 12.8 Å². The molecular weight excluding hydrogens is 303 g/mol. The summed E-state index contributed by atoms with van der Waals surface area (Å²) in [7, 11) is 0. The lowest BCUT2D eigenvalue weighted by atomic mass is 10.0. The molecule has 0 spiro atoms. The molecule has 0 radical (unpaired) electrons. The number of hydrogen-bond donors (Lipinski definition) is 0. The van der Waals surface area contributed by atoms with Gasteiger partial charge in [0.1, 0.15) is 0 Å². The fraction of sp³-hybridized carbons (Fsp3) is 0.133. The number of carbonyl (C=O) groups is 1. The van der Waals surface area contributed by atoms with Crippen LogP contribution in [0, 0.1) is 0 Å². The SMILES string of the molecule is O=C(CCc1ccc(Cl)cc1)c1ccc(Cl)cc1Cl. The van der Waals surface area contributed by atoms with Gasteiger partial charge in [-0.25, -0.2) is 0 Å². The third kappa shape index (κ3) is 3.97. The minimum Gasteiger partial charge on any atom is -0.294 e. The number of ketones is 1. The summed E-state index contributed by atoms with van der Waals surface area (Å²) >= 11 is 17.6. The second-order valence-electron chi connectivity index (χ2n) is 4.17. The molecule has 0 heterocycles. The van der Waals surface area contributed by atoms with E-state index in [4.69, 9.17) is 34.8 Å². The molecule has 19 heavy (non-hydrogen) atoms. The van der Waals surface area contributed by atoms with Gasteiger partial charge in [-0.15, -0.1) is 0 Å². The molecule has 0 aromatic heterocycles. The van der Waals surface area contributed by atoms with Crippen LogP contribution >= 0.6 is 34.8 Å². The summed E-state index contributed by atoms with van der Waals surface area (Å²) in [6, 6.07) is 12.4. The van der Waals surface area contributed by atoms with E-state index in [1.165, 1.54) is 0 Å². The number of carbonyl (C=O) groups excluding carboxylic acids is 1. The Morgan fingerprint density at radius 3 is 2.16 bits per heavy atom. The summed E-state index contributed by atoms with van der Waals surface area (Å²) in [5.74, 6) is 0.0108. The summed E-state index contributed by atoms with van der Waals surface area (Å²) in [6.07, 6.45) is 1.07. The van der Waals surface area contributed by atoms with Crippen molar-refractivity contribution >= 4 is 40.6 Å². The summed E-state index contributed by atoms with van der Waals surface area (Å²) in [4.78, 5) is 12.1. The molecule has 0 saturated heterocycles. The number of aryl methyl sites for hydroxylation is 1. The van der Waals surface area contributed by atoms with Gasteiger partial charge in [-0.05, 0) is 42.3 Å². The van der Waals surface area contributed by atoms with Crippen LogP contribution in [0.15, 0.2) is 42.5 Å². The van der Waals surface area contributed by atoms with Crippen molar-refractivity contribution in [2.75, 3.05) is 0 Å². The van der Waals surface area contributed by atoms with E-state index in [-0.39, 0.29) is 5.78 Å². The Kier molecular flexibility index (Phi) is 4.87. The lowest BCUT2D eigenvalue weighted by Gasteiger charge is -2.04. The summed E-state index contributed by atoms with van der Waals surface area (Å²) in [6.45, 7) is 0. The summed E-state index contributed by atoms with van der Waals surface area (Å²) in [5.41, 5.74) is 1.59. The van der Waals surface area contributed by atoms with E-state index >= 15 is 0 Å². The molecule has 0 amide bonds. The first kappa shape index (κ1) is 14.4. The second-order valence-corrected chi connectivity index (χ2v) is 5.45. The lowest BCUT2D eigenvalue weighted by Crippen LogP contribution is -2.02. The van der Waals surface area contributed by atoms with E-state index in [9.17, 15) is 4.79 Å². The van der Waals surface area contributed by atoms with E-state index in [2.05, 4.69) is 0 Å². The molecule has 4 heteroatoms. The van der Waals surface area contributed by atoms with E-state index in [1.807, 2.05) is 24.3 Å². The Bertz CT molecular complexity index is 591. The smallest absolute Gasteiger partial charge is 0.164 e. The minimum absolute atomic E-state index is 0.0108. The maximum atomic E-state index is 12.1. The van der Waals surface area contributed by atoms with Gasteiger partial charge in [-0.2, -0.15) is 0 Å². The highest BCUT2D eigenvalue weighted by atomic mass is 35.5. The maximum absolute atomic E-state index is 12.1. The predicted molar refractivity (Wildman–Crippen MR) is 80.6 cm³/mol. The van der Waals surface area contributed by atoms with Gasteiger partial charge in [-0.3, -0.25) is 4.79 Å². The van der Waals surface area contributed by atoms with Crippen LogP contribution in [0.2, 0.25) is 15.1 Å². The number of halogens is 3. The van der Waals surface area contributed by atoms with Crippen LogP contribution in [0.5, 0.6) is 0 Å². The number of rotatable bonds is 4. The molecule has 0 aliphatic heterocycles. The molecule has 0 atom stereocenters. The predicted octanol–water partition coefficient (Wildman–Crippen LogP) is 5.46. The largest absolute Gasteiger partial charge is 0.294 e. The van der Waals surface area contributed by atoms with E-state index in [0.717, 1.165) is 5.56 Å². The molecule has 2 aromatic carbocycles. The highest BCUT2D eigenvalue weighted by Crippen LogP contribution is 2.22. The first-order valence-corrected chi connectivity index (χ1v) is 6.92. The molecule has 0 N–H and O–H groups in total. The number of Topliss-reactive ketones (excluding diaryl/α,β-unsaturated/α-hetero) is 1. The van der Waals surface area contributed by atoms with Crippen molar-refractivity contribution in [3.8, 4) is 0 Å². The molecule has 2 rings (SSSR count). The quantitative estimate of drug-likeness (QED) is 0.685. The van der Waals surface area contributed by atoms with Crippen molar-refractivity contribution in [3.05, 3.63) is 68.7 Å². The molecule has 0 saturated carbocycles. The van der Waals surface area contributed by atoms with Gasteiger partial charge in [0.15, 0.2) is 5.78 Å². The molecule has 0 fully saturated rings. The standard InChI is InChI=1S/C15H11Cl3O/c16-11-4-1-10(2-5-11)3-8-15(19)13-7-6-12(17)9-14(13)18/h1-2,4-7,9H,3,8H2. The van der Waals surface area contributed by atoms with E-state index in [1.54, 1.807) is 18.2 Å². The Labute approximate surface area is 127 Å². The fourth-order valence-corrected chi connectivity index (χ4v) is 2.40. The van der Waals surface area contributed by atoms with Crippen LogP contribution in [0.25, 0.3) is 0 Å². The van der Waals surface area contributed by atoms with Crippen molar-refractivity contribution in [3.63, 3.8) is 0 Å². The number of hydrogen-bond acceptors (Lipinski definition) is 1. The summed E-state index contributed by atoms with van der Waals surface area (Å²) in [5, 5.41) is 1.61. The first-order chi connectivity index (χ1) is 9.06. The molecule has 1 nitrogen and oxygen atoms in total. The van der Waals surface area contributed by atoms with Gasteiger partial charge in [0.2, 0.25) is 0 Å². The molecule has 98 valence electrons. The topological polar surface area (TPSA) is 17.1 Å². The van der Waals surface area contributed by atoms with Crippen molar-refractivity contribution < 1.29 is 4.79 Å². The van der Waals surface area contributed by atoms with Gasteiger partial charge in [0.25, 0.3) is 0 Å². The van der Waals surface area contributed by atoms with E-state index < -0.39 is 0 Å². The van der Waals surface area contributed by atoms with Crippen LogP contribution in [-0.2, 0) is 6.42 Å². The molecule has 0 aliphatic rings. The Hall–Kier alpha value is -1.02. The normalized spacial score (nSPS) is 10.5. The zero-order valence-corrected chi connectivity index (χ0v) is 12.3. The van der Waals surface area contributed by atoms with Gasteiger partial charge in [0, 0.05) is 22.0 Å². The van der Waals surface area contributed by atoms with Gasteiger partial charge in [-0.1, -0.05) is 46.9 Å². The second kappa shape index (κ2) is 6.42. The molecule has 0 aliphatic carbocycles. The molecule has 0 unspecified atom stereocenters. The summed E-state index contributed by atoms with van der Waals surface area (Å²) < 4.78 is 0. The first-order valence-electron chi connectivity index (χ1n) is 5.79. The van der Waals surface area contributed by atoms with Crippen LogP contribution in [0.1, 0.15) is 22.3 Å². The van der Waals surface area contributed by atoms with Crippen molar-refractivity contribution in [1.82, 2.24) is 0 Å².